The van der Waals surface area contributed by atoms with Crippen molar-refractivity contribution in [1.29, 1.82) is 0 Å². The van der Waals surface area contributed by atoms with E-state index < -0.39 is 10.0 Å². The Kier molecular flexibility index (Phi) is 4.02. The number of hydrogen-bond acceptors (Lipinski definition) is 5. The monoisotopic (exact) mass is 329 g/mol. The molecule has 3 rings (SSSR count). The summed E-state index contributed by atoms with van der Waals surface area (Å²) in [5.74, 6) is 0.590. The van der Waals surface area contributed by atoms with Crippen LogP contribution >= 0.6 is 11.3 Å². The third-order valence-corrected chi connectivity index (χ3v) is 6.84. The van der Waals surface area contributed by atoms with E-state index in [9.17, 15) is 13.2 Å². The van der Waals surface area contributed by atoms with Crippen LogP contribution in [0.5, 0.6) is 0 Å². The number of aromatic nitrogens is 1. The maximum Gasteiger partial charge on any atom is 0.273 e. The number of nitrogens with zero attached hydrogens (tertiary/aromatic N) is 3. The molecule has 2 heterocycles. The topological polar surface area (TPSA) is 70.6 Å². The predicted molar refractivity (Wildman–Crippen MR) is 81.0 cm³/mol. The molecule has 116 valence electrons. The summed E-state index contributed by atoms with van der Waals surface area (Å²) in [6.45, 7) is 3.27. The summed E-state index contributed by atoms with van der Waals surface area (Å²) in [5.41, 5.74) is 0.508. The van der Waals surface area contributed by atoms with Gasteiger partial charge < -0.3 is 4.90 Å². The minimum Gasteiger partial charge on any atom is -0.335 e. The van der Waals surface area contributed by atoms with Gasteiger partial charge in [-0.3, -0.25) is 4.79 Å². The molecule has 6 nitrogen and oxygen atoms in total. The number of amides is 1. The molecule has 1 aromatic heterocycles. The van der Waals surface area contributed by atoms with Crippen LogP contribution in [-0.2, 0) is 10.0 Å². The van der Waals surface area contributed by atoms with Crippen molar-refractivity contribution in [2.45, 2.75) is 25.7 Å². The maximum atomic E-state index is 12.4. The molecule has 1 amide bonds. The molecule has 8 heteroatoms. The smallest absolute Gasteiger partial charge is 0.273 e. The van der Waals surface area contributed by atoms with Gasteiger partial charge in [0.2, 0.25) is 10.0 Å². The second-order valence-electron chi connectivity index (χ2n) is 5.44. The van der Waals surface area contributed by atoms with E-state index >= 15 is 0 Å². The Balaban J connectivity index is 1.62. The van der Waals surface area contributed by atoms with Crippen molar-refractivity contribution in [3.8, 4) is 0 Å². The van der Waals surface area contributed by atoms with Crippen molar-refractivity contribution in [2.24, 2.45) is 0 Å². The van der Waals surface area contributed by atoms with Crippen molar-refractivity contribution in [3.63, 3.8) is 0 Å². The van der Waals surface area contributed by atoms with Crippen LogP contribution in [-0.4, -0.2) is 60.4 Å². The fraction of sp³-hybridized carbons (Fsp3) is 0.692. The van der Waals surface area contributed by atoms with Gasteiger partial charge in [-0.2, -0.15) is 4.31 Å². The lowest BCUT2D eigenvalue weighted by molar-refractivity contribution is 0.0692. The van der Waals surface area contributed by atoms with E-state index in [4.69, 9.17) is 0 Å². The molecule has 2 fully saturated rings. The van der Waals surface area contributed by atoms with Gasteiger partial charge in [0.15, 0.2) is 0 Å². The van der Waals surface area contributed by atoms with E-state index in [2.05, 4.69) is 4.98 Å². The van der Waals surface area contributed by atoms with Gasteiger partial charge in [-0.1, -0.05) is 0 Å². The van der Waals surface area contributed by atoms with Crippen LogP contribution in [0.25, 0.3) is 0 Å². The van der Waals surface area contributed by atoms with E-state index in [1.165, 1.54) is 17.1 Å². The Morgan fingerprint density at radius 1 is 1.33 bits per heavy atom. The lowest BCUT2D eigenvalue weighted by Crippen LogP contribution is -2.50. The number of carbonyl (C=O) groups excluding carboxylic acids is 1. The van der Waals surface area contributed by atoms with E-state index in [-0.39, 0.29) is 11.7 Å². The molecule has 0 atom stereocenters. The second kappa shape index (κ2) is 5.66. The maximum absolute atomic E-state index is 12.4. The highest BCUT2D eigenvalue weighted by Gasteiger charge is 2.31. The number of sulfonamides is 1. The summed E-state index contributed by atoms with van der Waals surface area (Å²) in [5, 5.41) is 2.89. The summed E-state index contributed by atoms with van der Waals surface area (Å²) in [6, 6.07) is 0. The van der Waals surface area contributed by atoms with Crippen molar-refractivity contribution < 1.29 is 13.2 Å². The lowest BCUT2D eigenvalue weighted by Gasteiger charge is -2.33. The molecular weight excluding hydrogens is 310 g/mol. The van der Waals surface area contributed by atoms with Gasteiger partial charge in [-0.25, -0.2) is 13.4 Å². The molecule has 0 radical (unpaired) electrons. The number of thiazole rings is 1. The van der Waals surface area contributed by atoms with E-state index in [0.29, 0.717) is 37.8 Å². The van der Waals surface area contributed by atoms with Crippen LogP contribution in [0.3, 0.4) is 0 Å². The summed E-state index contributed by atoms with van der Waals surface area (Å²) < 4.78 is 25.1. The molecule has 0 unspecified atom stereocenters. The molecule has 1 aromatic rings. The second-order valence-corrected chi connectivity index (χ2v) is 8.58. The van der Waals surface area contributed by atoms with Gasteiger partial charge in [0.25, 0.3) is 5.91 Å². The average molecular weight is 329 g/mol. The first-order valence-electron chi connectivity index (χ1n) is 7.24. The van der Waals surface area contributed by atoms with Gasteiger partial charge in [-0.15, -0.1) is 11.3 Å². The zero-order chi connectivity index (χ0) is 15.0. The summed E-state index contributed by atoms with van der Waals surface area (Å²) in [6.07, 6.45) is 2.35. The van der Waals surface area contributed by atoms with Crippen molar-refractivity contribution in [3.05, 3.63) is 16.1 Å². The SMILES string of the molecule is CCS(=O)(=O)N1CCN(C(=O)c2csc(C3CC3)n2)CC1. The molecule has 1 aliphatic heterocycles. The standard InChI is InChI=1S/C13H19N3O3S2/c1-2-21(18,19)16-7-5-15(6-8-16)13(17)11-9-20-12(14-11)10-3-4-10/h9-10H,2-8H2,1H3. The first-order chi connectivity index (χ1) is 10.0. The zero-order valence-electron chi connectivity index (χ0n) is 12.0. The molecule has 21 heavy (non-hydrogen) atoms. The highest BCUT2D eigenvalue weighted by atomic mass is 32.2. The summed E-state index contributed by atoms with van der Waals surface area (Å²) >= 11 is 1.56. The molecule has 0 N–H and O–H groups in total. The Morgan fingerprint density at radius 2 is 2.00 bits per heavy atom. The Labute approximate surface area is 128 Å². The molecular formula is C13H19N3O3S2. The van der Waals surface area contributed by atoms with Crippen LogP contribution < -0.4 is 0 Å². The fourth-order valence-corrected chi connectivity index (χ4v) is 4.47. The average Bonchev–Trinajstić information content (AvgIpc) is 3.24. The van der Waals surface area contributed by atoms with Crippen molar-refractivity contribution in [1.82, 2.24) is 14.2 Å². The molecule has 1 aliphatic carbocycles. The minimum absolute atomic E-state index is 0.0771. The fourth-order valence-electron chi connectivity index (χ4n) is 2.42. The minimum atomic E-state index is -3.15. The molecule has 1 saturated carbocycles. The number of rotatable bonds is 4. The van der Waals surface area contributed by atoms with Crippen LogP contribution in [0.2, 0.25) is 0 Å². The summed E-state index contributed by atoms with van der Waals surface area (Å²) in [4.78, 5) is 18.5. The van der Waals surface area contributed by atoms with Crippen LogP contribution in [0.4, 0.5) is 0 Å². The van der Waals surface area contributed by atoms with Gasteiger partial charge in [0.05, 0.1) is 10.8 Å². The quantitative estimate of drug-likeness (QED) is 0.830. The Hall–Kier alpha value is -0.990. The van der Waals surface area contributed by atoms with Gasteiger partial charge in [0, 0.05) is 37.5 Å². The van der Waals surface area contributed by atoms with Gasteiger partial charge >= 0.3 is 0 Å². The predicted octanol–water partition coefficient (Wildman–Crippen LogP) is 1.13. The molecule has 0 spiro atoms. The van der Waals surface area contributed by atoms with Gasteiger partial charge in [-0.05, 0) is 19.8 Å². The number of hydrogen-bond donors (Lipinski definition) is 0. The lowest BCUT2D eigenvalue weighted by atomic mass is 10.3. The van der Waals surface area contributed by atoms with Gasteiger partial charge in [0.1, 0.15) is 5.69 Å². The molecule has 1 saturated heterocycles. The molecule has 2 aliphatic rings. The largest absolute Gasteiger partial charge is 0.335 e. The highest BCUT2D eigenvalue weighted by Crippen LogP contribution is 2.41. The first-order valence-corrected chi connectivity index (χ1v) is 9.72. The van der Waals surface area contributed by atoms with Crippen molar-refractivity contribution >= 4 is 27.3 Å². The van der Waals surface area contributed by atoms with E-state index in [1.807, 2.05) is 5.38 Å². The highest BCUT2D eigenvalue weighted by molar-refractivity contribution is 7.89. The number of carbonyl (C=O) groups is 1. The van der Waals surface area contributed by atoms with E-state index in [1.54, 1.807) is 23.2 Å². The number of piperazine rings is 1. The van der Waals surface area contributed by atoms with E-state index in [0.717, 1.165) is 5.01 Å². The van der Waals surface area contributed by atoms with Crippen LogP contribution in [0.15, 0.2) is 5.38 Å². The Bertz CT molecular complexity index is 629. The third-order valence-electron chi connectivity index (χ3n) is 3.95. The normalized spacial score (nSPS) is 20.7. The van der Waals surface area contributed by atoms with Crippen LogP contribution in [0, 0.1) is 0 Å². The van der Waals surface area contributed by atoms with Crippen LogP contribution in [0.1, 0.15) is 41.2 Å². The van der Waals surface area contributed by atoms with Crippen molar-refractivity contribution in [2.75, 3.05) is 31.9 Å². The summed E-state index contributed by atoms with van der Waals surface area (Å²) in [7, 11) is -3.15. The molecule has 0 bridgehead atoms. The Morgan fingerprint density at radius 3 is 2.57 bits per heavy atom. The third kappa shape index (κ3) is 3.12. The molecule has 0 aromatic carbocycles. The first kappa shape index (κ1) is 14.9. The zero-order valence-corrected chi connectivity index (χ0v) is 13.6.